The second-order valence-corrected chi connectivity index (χ2v) is 7.31. The van der Waals surface area contributed by atoms with Gasteiger partial charge in [0.25, 0.3) is 0 Å². The SMILES string of the molecule is CC[C@H](NC(=O)C1(c2ccc(Cl)cc2)CCC1)c1cn2cccnc2n1. The number of hydrogen-bond acceptors (Lipinski definition) is 3. The van der Waals surface area contributed by atoms with Crippen molar-refractivity contribution in [3.8, 4) is 0 Å². The Morgan fingerprint density at radius 2 is 2.12 bits per heavy atom. The molecule has 1 aliphatic rings. The molecule has 4 rings (SSSR count). The van der Waals surface area contributed by atoms with E-state index in [-0.39, 0.29) is 11.9 Å². The summed E-state index contributed by atoms with van der Waals surface area (Å²) in [5, 5.41) is 3.91. The number of imidazole rings is 1. The minimum Gasteiger partial charge on any atom is -0.347 e. The maximum Gasteiger partial charge on any atom is 0.233 e. The lowest BCUT2D eigenvalue weighted by atomic mass is 9.63. The summed E-state index contributed by atoms with van der Waals surface area (Å²) < 4.78 is 1.88. The first kappa shape index (κ1) is 17.0. The van der Waals surface area contributed by atoms with Crippen LogP contribution in [-0.2, 0) is 10.2 Å². The molecule has 2 aromatic heterocycles. The highest BCUT2D eigenvalue weighted by Crippen LogP contribution is 2.44. The van der Waals surface area contributed by atoms with Crippen molar-refractivity contribution in [1.29, 1.82) is 0 Å². The number of amides is 1. The van der Waals surface area contributed by atoms with Gasteiger partial charge in [0.2, 0.25) is 11.7 Å². The number of nitrogens with zero attached hydrogens (tertiary/aromatic N) is 3. The van der Waals surface area contributed by atoms with Gasteiger partial charge in [-0.15, -0.1) is 0 Å². The van der Waals surface area contributed by atoms with Crippen LogP contribution in [0.4, 0.5) is 0 Å². The van der Waals surface area contributed by atoms with Crippen LogP contribution in [0.25, 0.3) is 5.78 Å². The fraction of sp³-hybridized carbons (Fsp3) is 0.350. The van der Waals surface area contributed by atoms with Crippen LogP contribution < -0.4 is 5.32 Å². The lowest BCUT2D eigenvalue weighted by Crippen LogP contribution is -2.50. The average Bonchev–Trinajstić information content (AvgIpc) is 3.04. The molecular weight excluding hydrogens is 348 g/mol. The highest BCUT2D eigenvalue weighted by molar-refractivity contribution is 6.30. The van der Waals surface area contributed by atoms with Gasteiger partial charge in [-0.3, -0.25) is 9.20 Å². The number of fused-ring (bicyclic) bond motifs is 1. The normalized spacial score (nSPS) is 16.8. The third-order valence-corrected chi connectivity index (χ3v) is 5.62. The minimum atomic E-state index is -0.449. The first-order valence-corrected chi connectivity index (χ1v) is 9.37. The minimum absolute atomic E-state index is 0.0722. The highest BCUT2D eigenvalue weighted by atomic mass is 35.5. The Balaban J connectivity index is 1.59. The van der Waals surface area contributed by atoms with Gasteiger partial charge >= 0.3 is 0 Å². The molecule has 0 radical (unpaired) electrons. The van der Waals surface area contributed by atoms with Crippen LogP contribution in [0.2, 0.25) is 5.02 Å². The number of benzene rings is 1. The summed E-state index contributed by atoms with van der Waals surface area (Å²) in [5.41, 5.74) is 1.43. The molecule has 0 bridgehead atoms. The molecule has 0 saturated heterocycles. The van der Waals surface area contributed by atoms with Gasteiger partial charge in [-0.1, -0.05) is 37.1 Å². The quantitative estimate of drug-likeness (QED) is 0.738. The molecule has 26 heavy (non-hydrogen) atoms. The van der Waals surface area contributed by atoms with Crippen molar-refractivity contribution in [3.05, 3.63) is 65.2 Å². The summed E-state index contributed by atoms with van der Waals surface area (Å²) in [7, 11) is 0. The molecule has 3 aromatic rings. The van der Waals surface area contributed by atoms with Crippen LogP contribution in [0.1, 0.15) is 49.9 Å². The predicted octanol–water partition coefficient (Wildman–Crippen LogP) is 4.07. The van der Waals surface area contributed by atoms with Crippen molar-refractivity contribution in [2.45, 2.75) is 44.1 Å². The fourth-order valence-electron chi connectivity index (χ4n) is 3.64. The second-order valence-electron chi connectivity index (χ2n) is 6.87. The number of halogens is 1. The number of hydrogen-bond donors (Lipinski definition) is 1. The Kier molecular flexibility index (Phi) is 4.41. The van der Waals surface area contributed by atoms with Crippen molar-refractivity contribution >= 4 is 23.3 Å². The third kappa shape index (κ3) is 2.86. The average molecular weight is 369 g/mol. The van der Waals surface area contributed by atoms with Gasteiger partial charge in [0.05, 0.1) is 17.2 Å². The van der Waals surface area contributed by atoms with E-state index in [0.717, 1.165) is 36.9 Å². The summed E-state index contributed by atoms with van der Waals surface area (Å²) in [6, 6.07) is 9.38. The second kappa shape index (κ2) is 6.72. The monoisotopic (exact) mass is 368 g/mol. The van der Waals surface area contributed by atoms with Crippen molar-refractivity contribution in [2.24, 2.45) is 0 Å². The van der Waals surface area contributed by atoms with E-state index in [2.05, 4.69) is 22.2 Å². The first-order valence-electron chi connectivity index (χ1n) is 8.99. The van der Waals surface area contributed by atoms with Crippen LogP contribution >= 0.6 is 11.6 Å². The maximum absolute atomic E-state index is 13.2. The van der Waals surface area contributed by atoms with E-state index in [9.17, 15) is 4.79 Å². The number of aromatic nitrogens is 3. The molecule has 0 unspecified atom stereocenters. The summed E-state index contributed by atoms with van der Waals surface area (Å²) in [4.78, 5) is 22.0. The van der Waals surface area contributed by atoms with Gasteiger partial charge in [-0.05, 0) is 43.0 Å². The largest absolute Gasteiger partial charge is 0.347 e. The lowest BCUT2D eigenvalue weighted by Gasteiger charge is -2.41. The zero-order valence-corrected chi connectivity index (χ0v) is 15.4. The molecular formula is C20H21ClN4O. The molecule has 1 amide bonds. The van der Waals surface area contributed by atoms with Crippen molar-refractivity contribution < 1.29 is 4.79 Å². The maximum atomic E-state index is 13.2. The molecule has 1 atom stereocenters. The topological polar surface area (TPSA) is 59.3 Å². The molecule has 1 fully saturated rings. The summed E-state index contributed by atoms with van der Waals surface area (Å²) in [5.74, 6) is 0.717. The zero-order chi connectivity index (χ0) is 18.1. The van der Waals surface area contributed by atoms with E-state index in [1.807, 2.05) is 47.1 Å². The summed E-state index contributed by atoms with van der Waals surface area (Å²) in [6.07, 6.45) is 9.13. The molecule has 0 aliphatic heterocycles. The van der Waals surface area contributed by atoms with E-state index >= 15 is 0 Å². The smallest absolute Gasteiger partial charge is 0.233 e. The summed E-state index contributed by atoms with van der Waals surface area (Å²) in [6.45, 7) is 2.05. The Hall–Kier alpha value is -2.40. The van der Waals surface area contributed by atoms with E-state index in [1.165, 1.54) is 0 Å². The Bertz CT molecular complexity index is 897. The lowest BCUT2D eigenvalue weighted by molar-refractivity contribution is -0.130. The first-order chi connectivity index (χ1) is 12.6. The van der Waals surface area contributed by atoms with Crippen molar-refractivity contribution in [3.63, 3.8) is 0 Å². The Morgan fingerprint density at radius 1 is 1.35 bits per heavy atom. The number of carbonyl (C=O) groups excluding carboxylic acids is 1. The van der Waals surface area contributed by atoms with Gasteiger partial charge in [0, 0.05) is 23.6 Å². The predicted molar refractivity (Wildman–Crippen MR) is 101 cm³/mol. The van der Waals surface area contributed by atoms with Gasteiger partial charge in [-0.2, -0.15) is 0 Å². The van der Waals surface area contributed by atoms with Gasteiger partial charge < -0.3 is 5.32 Å². The van der Waals surface area contributed by atoms with Crippen molar-refractivity contribution in [2.75, 3.05) is 0 Å². The van der Waals surface area contributed by atoms with Crippen LogP contribution in [0, 0.1) is 0 Å². The van der Waals surface area contributed by atoms with E-state index in [4.69, 9.17) is 11.6 Å². The number of rotatable bonds is 5. The van der Waals surface area contributed by atoms with Crippen LogP contribution in [0.15, 0.2) is 48.9 Å². The van der Waals surface area contributed by atoms with Gasteiger partial charge in [-0.25, -0.2) is 9.97 Å². The molecule has 1 aromatic carbocycles. The van der Waals surface area contributed by atoms with E-state index in [1.54, 1.807) is 6.20 Å². The Labute approximate surface area is 157 Å². The van der Waals surface area contributed by atoms with Gasteiger partial charge in [0.1, 0.15) is 0 Å². The van der Waals surface area contributed by atoms with E-state index in [0.29, 0.717) is 10.8 Å². The molecule has 2 heterocycles. The molecule has 1 N–H and O–H groups in total. The zero-order valence-electron chi connectivity index (χ0n) is 14.7. The Morgan fingerprint density at radius 3 is 2.73 bits per heavy atom. The highest BCUT2D eigenvalue weighted by Gasteiger charge is 2.46. The molecule has 5 nitrogen and oxygen atoms in total. The number of nitrogens with one attached hydrogen (secondary N) is 1. The van der Waals surface area contributed by atoms with E-state index < -0.39 is 5.41 Å². The molecule has 1 aliphatic carbocycles. The van der Waals surface area contributed by atoms with Crippen LogP contribution in [0.5, 0.6) is 0 Å². The third-order valence-electron chi connectivity index (χ3n) is 5.36. The molecule has 134 valence electrons. The fourth-order valence-corrected chi connectivity index (χ4v) is 3.77. The molecule has 1 saturated carbocycles. The van der Waals surface area contributed by atoms with Crippen LogP contribution in [0.3, 0.4) is 0 Å². The van der Waals surface area contributed by atoms with Crippen LogP contribution in [-0.4, -0.2) is 20.3 Å². The van der Waals surface area contributed by atoms with Gasteiger partial charge in [0.15, 0.2) is 0 Å². The standard InChI is InChI=1S/C20H21ClN4O/c1-2-16(17-13-25-12-4-11-22-19(25)24-17)23-18(26)20(9-3-10-20)14-5-7-15(21)8-6-14/h4-8,11-13,16H,2-3,9-10H2,1H3,(H,23,26)/t16-/m0/s1. The molecule has 6 heteroatoms. The number of carbonyl (C=O) groups is 1. The summed E-state index contributed by atoms with van der Waals surface area (Å²) >= 11 is 6.01. The van der Waals surface area contributed by atoms with Crippen molar-refractivity contribution in [1.82, 2.24) is 19.7 Å². The molecule has 0 spiro atoms.